The highest BCUT2D eigenvalue weighted by molar-refractivity contribution is 5.99. The standard InChI is InChI=1S/C17H19N5O2/c1-11(23)21-15-9-12(4-5-19-15)13-8-14(16(18)20-10-13)17(24)22-6-2-3-7-22/h4-5,8-10H,2-3,6-7H2,1H3,(H2,18,20)(H,19,21,23). The van der Waals surface area contributed by atoms with Crippen LogP contribution in [0.15, 0.2) is 30.6 Å². The Balaban J connectivity index is 1.93. The highest BCUT2D eigenvalue weighted by atomic mass is 16.2. The number of hydrogen-bond donors (Lipinski definition) is 2. The number of aromatic nitrogens is 2. The largest absolute Gasteiger partial charge is 0.383 e. The van der Waals surface area contributed by atoms with E-state index in [-0.39, 0.29) is 17.6 Å². The van der Waals surface area contributed by atoms with Crippen molar-refractivity contribution >= 4 is 23.5 Å². The van der Waals surface area contributed by atoms with E-state index in [9.17, 15) is 9.59 Å². The number of nitrogens with zero attached hydrogens (tertiary/aromatic N) is 3. The number of hydrogen-bond acceptors (Lipinski definition) is 5. The van der Waals surface area contributed by atoms with E-state index in [1.165, 1.54) is 6.92 Å². The predicted octanol–water partition coefficient (Wildman–Crippen LogP) is 1.92. The lowest BCUT2D eigenvalue weighted by Crippen LogP contribution is -2.28. The molecule has 1 saturated heterocycles. The van der Waals surface area contributed by atoms with Crippen LogP contribution in [0.2, 0.25) is 0 Å². The molecule has 2 aromatic rings. The van der Waals surface area contributed by atoms with Crippen LogP contribution in [0.25, 0.3) is 11.1 Å². The molecule has 2 amide bonds. The molecule has 7 heteroatoms. The summed E-state index contributed by atoms with van der Waals surface area (Å²) in [5, 5.41) is 2.64. The van der Waals surface area contributed by atoms with Crippen LogP contribution in [0.5, 0.6) is 0 Å². The lowest BCUT2D eigenvalue weighted by Gasteiger charge is -2.16. The molecular formula is C17H19N5O2. The second kappa shape index (κ2) is 6.66. The van der Waals surface area contributed by atoms with Gasteiger partial charge >= 0.3 is 0 Å². The molecule has 0 saturated carbocycles. The minimum Gasteiger partial charge on any atom is -0.383 e. The molecule has 0 atom stereocenters. The first-order valence-corrected chi connectivity index (χ1v) is 7.83. The number of anilines is 2. The third-order valence-electron chi connectivity index (χ3n) is 3.94. The molecule has 124 valence electrons. The fourth-order valence-electron chi connectivity index (χ4n) is 2.75. The van der Waals surface area contributed by atoms with Gasteiger partial charge < -0.3 is 16.0 Å². The summed E-state index contributed by atoms with van der Waals surface area (Å²) in [4.78, 5) is 33.8. The van der Waals surface area contributed by atoms with Crippen LogP contribution in [0.4, 0.5) is 11.6 Å². The molecule has 3 heterocycles. The summed E-state index contributed by atoms with van der Waals surface area (Å²) < 4.78 is 0. The Morgan fingerprint density at radius 2 is 1.92 bits per heavy atom. The first kappa shape index (κ1) is 15.9. The third kappa shape index (κ3) is 3.34. The number of carbonyl (C=O) groups is 2. The molecule has 0 aliphatic carbocycles. The van der Waals surface area contributed by atoms with Crippen molar-refractivity contribution in [3.05, 3.63) is 36.2 Å². The molecule has 2 aromatic heterocycles. The Labute approximate surface area is 139 Å². The van der Waals surface area contributed by atoms with Gasteiger partial charge in [-0.15, -0.1) is 0 Å². The predicted molar refractivity (Wildman–Crippen MR) is 91.3 cm³/mol. The zero-order chi connectivity index (χ0) is 17.1. The number of likely N-dealkylation sites (tertiary alicyclic amines) is 1. The van der Waals surface area contributed by atoms with Gasteiger partial charge in [-0.05, 0) is 36.6 Å². The average Bonchev–Trinajstić information content (AvgIpc) is 3.09. The molecule has 1 aliphatic rings. The molecule has 3 rings (SSSR count). The van der Waals surface area contributed by atoms with Crippen molar-refractivity contribution in [2.24, 2.45) is 0 Å². The molecule has 0 aromatic carbocycles. The molecule has 0 spiro atoms. The number of pyridine rings is 2. The Kier molecular flexibility index (Phi) is 4.41. The Bertz CT molecular complexity index is 784. The highest BCUT2D eigenvalue weighted by Crippen LogP contribution is 2.25. The van der Waals surface area contributed by atoms with Gasteiger partial charge in [0.15, 0.2) is 0 Å². The fourth-order valence-corrected chi connectivity index (χ4v) is 2.75. The Morgan fingerprint density at radius 3 is 2.62 bits per heavy atom. The molecule has 1 aliphatic heterocycles. The number of nitrogen functional groups attached to an aromatic ring is 1. The molecule has 3 N–H and O–H groups in total. The molecule has 7 nitrogen and oxygen atoms in total. The number of nitrogens with two attached hydrogens (primary N) is 1. The number of amides is 2. The van der Waals surface area contributed by atoms with Gasteiger partial charge in [0.1, 0.15) is 11.6 Å². The van der Waals surface area contributed by atoms with Gasteiger partial charge in [0.25, 0.3) is 5.91 Å². The van der Waals surface area contributed by atoms with Crippen molar-refractivity contribution < 1.29 is 9.59 Å². The average molecular weight is 325 g/mol. The summed E-state index contributed by atoms with van der Waals surface area (Å²) in [6, 6.07) is 5.28. The second-order valence-electron chi connectivity index (χ2n) is 5.77. The summed E-state index contributed by atoms with van der Waals surface area (Å²) in [6.45, 7) is 2.93. The zero-order valence-corrected chi connectivity index (χ0v) is 13.5. The van der Waals surface area contributed by atoms with E-state index in [1.807, 2.05) is 0 Å². The van der Waals surface area contributed by atoms with Crippen molar-refractivity contribution in [2.45, 2.75) is 19.8 Å². The van der Waals surface area contributed by atoms with Crippen LogP contribution >= 0.6 is 0 Å². The van der Waals surface area contributed by atoms with Crippen molar-refractivity contribution in [3.63, 3.8) is 0 Å². The molecule has 0 unspecified atom stereocenters. The maximum absolute atomic E-state index is 12.6. The molecule has 24 heavy (non-hydrogen) atoms. The van der Waals surface area contributed by atoms with Gasteiger partial charge in [-0.2, -0.15) is 0 Å². The van der Waals surface area contributed by atoms with E-state index in [4.69, 9.17) is 5.73 Å². The monoisotopic (exact) mass is 325 g/mol. The van der Waals surface area contributed by atoms with Gasteiger partial charge in [0.05, 0.1) is 5.56 Å². The van der Waals surface area contributed by atoms with Crippen molar-refractivity contribution in [1.29, 1.82) is 0 Å². The van der Waals surface area contributed by atoms with E-state index >= 15 is 0 Å². The third-order valence-corrected chi connectivity index (χ3v) is 3.94. The van der Waals surface area contributed by atoms with Crippen LogP contribution in [0.1, 0.15) is 30.1 Å². The van der Waals surface area contributed by atoms with E-state index < -0.39 is 0 Å². The van der Waals surface area contributed by atoms with Crippen molar-refractivity contribution in [2.75, 3.05) is 24.1 Å². The Morgan fingerprint density at radius 1 is 1.17 bits per heavy atom. The van der Waals surface area contributed by atoms with Crippen LogP contribution in [-0.4, -0.2) is 39.8 Å². The lowest BCUT2D eigenvalue weighted by atomic mass is 10.1. The van der Waals surface area contributed by atoms with E-state index in [2.05, 4.69) is 15.3 Å². The topological polar surface area (TPSA) is 101 Å². The van der Waals surface area contributed by atoms with Crippen molar-refractivity contribution in [3.8, 4) is 11.1 Å². The summed E-state index contributed by atoms with van der Waals surface area (Å²) >= 11 is 0. The first-order chi connectivity index (χ1) is 11.5. The maximum atomic E-state index is 12.6. The maximum Gasteiger partial charge on any atom is 0.257 e. The molecule has 1 fully saturated rings. The summed E-state index contributed by atoms with van der Waals surface area (Å²) in [5.74, 6) is 0.395. The van der Waals surface area contributed by atoms with E-state index in [1.54, 1.807) is 35.5 Å². The number of rotatable bonds is 3. The molecular weight excluding hydrogens is 306 g/mol. The Hall–Kier alpha value is -2.96. The van der Waals surface area contributed by atoms with Gasteiger partial charge in [0, 0.05) is 38.0 Å². The van der Waals surface area contributed by atoms with E-state index in [0.717, 1.165) is 37.1 Å². The number of carbonyl (C=O) groups excluding carboxylic acids is 2. The fraction of sp³-hybridized carbons (Fsp3) is 0.294. The quantitative estimate of drug-likeness (QED) is 0.898. The smallest absolute Gasteiger partial charge is 0.257 e. The normalized spacial score (nSPS) is 13.8. The van der Waals surface area contributed by atoms with Crippen LogP contribution < -0.4 is 11.1 Å². The van der Waals surface area contributed by atoms with Crippen LogP contribution in [-0.2, 0) is 4.79 Å². The van der Waals surface area contributed by atoms with Gasteiger partial charge in [-0.3, -0.25) is 9.59 Å². The van der Waals surface area contributed by atoms with Gasteiger partial charge in [-0.1, -0.05) is 0 Å². The first-order valence-electron chi connectivity index (χ1n) is 7.83. The zero-order valence-electron chi connectivity index (χ0n) is 13.5. The summed E-state index contributed by atoms with van der Waals surface area (Å²) in [5.41, 5.74) is 7.87. The highest BCUT2D eigenvalue weighted by Gasteiger charge is 2.22. The lowest BCUT2D eigenvalue weighted by molar-refractivity contribution is -0.114. The van der Waals surface area contributed by atoms with Crippen LogP contribution in [0, 0.1) is 0 Å². The molecule has 0 radical (unpaired) electrons. The van der Waals surface area contributed by atoms with E-state index in [0.29, 0.717) is 11.4 Å². The SMILES string of the molecule is CC(=O)Nc1cc(-c2cnc(N)c(C(=O)N3CCCC3)c2)ccn1. The summed E-state index contributed by atoms with van der Waals surface area (Å²) in [7, 11) is 0. The van der Waals surface area contributed by atoms with Gasteiger partial charge in [-0.25, -0.2) is 9.97 Å². The summed E-state index contributed by atoms with van der Waals surface area (Å²) in [6.07, 6.45) is 5.24. The minimum atomic E-state index is -0.194. The minimum absolute atomic E-state index is 0.0875. The molecule has 0 bridgehead atoms. The number of nitrogens with one attached hydrogen (secondary N) is 1. The van der Waals surface area contributed by atoms with Crippen molar-refractivity contribution in [1.82, 2.24) is 14.9 Å². The van der Waals surface area contributed by atoms with Gasteiger partial charge in [0.2, 0.25) is 5.91 Å². The second-order valence-corrected chi connectivity index (χ2v) is 5.77. The van der Waals surface area contributed by atoms with Crippen LogP contribution in [0.3, 0.4) is 0 Å².